The summed E-state index contributed by atoms with van der Waals surface area (Å²) >= 11 is 1.29. The van der Waals surface area contributed by atoms with Gasteiger partial charge in [0.15, 0.2) is 5.69 Å². The minimum absolute atomic E-state index is 0.190. The van der Waals surface area contributed by atoms with Crippen molar-refractivity contribution in [2.75, 3.05) is 12.8 Å². The number of thiazole rings is 1. The summed E-state index contributed by atoms with van der Waals surface area (Å²) in [6, 6.07) is 8.12. The molecular formula is C14H16N2O2S. The highest BCUT2D eigenvalue weighted by Crippen LogP contribution is 2.31. The number of carbonyl (C=O) groups excluding carboxylic acids is 1. The summed E-state index contributed by atoms with van der Waals surface area (Å²) in [6.07, 6.45) is 0. The van der Waals surface area contributed by atoms with E-state index in [-0.39, 0.29) is 5.69 Å². The first-order valence-electron chi connectivity index (χ1n) is 5.98. The Bertz CT molecular complexity index is 588. The number of rotatable bonds is 3. The first-order valence-corrected chi connectivity index (χ1v) is 6.79. The summed E-state index contributed by atoms with van der Waals surface area (Å²) in [6.45, 7) is 4.29. The smallest absolute Gasteiger partial charge is 0.359 e. The van der Waals surface area contributed by atoms with Gasteiger partial charge in [0.2, 0.25) is 0 Å². The number of nitrogens with zero attached hydrogens (tertiary/aromatic N) is 1. The standard InChI is InChI=1S/C14H16N2O2S/c1-8(2)9-4-6-10(7-5-9)13-16-11(12(15)19-13)14(17)18-3/h4-8H,15H2,1-3H3. The zero-order valence-corrected chi connectivity index (χ0v) is 12.0. The Morgan fingerprint density at radius 2 is 1.95 bits per heavy atom. The molecule has 4 nitrogen and oxygen atoms in total. The zero-order valence-electron chi connectivity index (χ0n) is 11.1. The van der Waals surface area contributed by atoms with Gasteiger partial charge in [0, 0.05) is 5.56 Å². The topological polar surface area (TPSA) is 65.2 Å². The molecule has 0 saturated carbocycles. The molecule has 1 heterocycles. The fourth-order valence-electron chi connectivity index (χ4n) is 1.71. The Kier molecular flexibility index (Phi) is 3.85. The molecule has 2 N–H and O–H groups in total. The van der Waals surface area contributed by atoms with Gasteiger partial charge < -0.3 is 10.5 Å². The first kappa shape index (κ1) is 13.5. The van der Waals surface area contributed by atoms with E-state index in [0.29, 0.717) is 10.9 Å². The summed E-state index contributed by atoms with van der Waals surface area (Å²) in [5.74, 6) is -0.0140. The van der Waals surface area contributed by atoms with Crippen molar-refractivity contribution in [3.63, 3.8) is 0 Å². The van der Waals surface area contributed by atoms with Crippen LogP contribution in [0.5, 0.6) is 0 Å². The van der Waals surface area contributed by atoms with Crippen LogP contribution in [0.25, 0.3) is 10.6 Å². The van der Waals surface area contributed by atoms with Crippen molar-refractivity contribution in [2.24, 2.45) is 0 Å². The van der Waals surface area contributed by atoms with Gasteiger partial charge in [-0.05, 0) is 11.5 Å². The van der Waals surface area contributed by atoms with E-state index >= 15 is 0 Å². The number of esters is 1. The highest BCUT2D eigenvalue weighted by Gasteiger charge is 2.17. The third-order valence-electron chi connectivity index (χ3n) is 2.86. The number of hydrogen-bond acceptors (Lipinski definition) is 5. The van der Waals surface area contributed by atoms with Crippen LogP contribution in [0.15, 0.2) is 24.3 Å². The number of aromatic nitrogens is 1. The van der Waals surface area contributed by atoms with Crippen LogP contribution in [-0.2, 0) is 4.74 Å². The summed E-state index contributed by atoms with van der Waals surface area (Å²) in [7, 11) is 1.32. The van der Waals surface area contributed by atoms with Crippen LogP contribution in [-0.4, -0.2) is 18.1 Å². The fourth-order valence-corrected chi connectivity index (χ4v) is 2.53. The monoisotopic (exact) mass is 276 g/mol. The first-order chi connectivity index (χ1) is 9.02. The van der Waals surface area contributed by atoms with Gasteiger partial charge in [-0.3, -0.25) is 0 Å². The van der Waals surface area contributed by atoms with E-state index in [4.69, 9.17) is 5.73 Å². The Morgan fingerprint density at radius 1 is 1.32 bits per heavy atom. The van der Waals surface area contributed by atoms with Gasteiger partial charge in [0.1, 0.15) is 10.0 Å². The molecule has 2 rings (SSSR count). The van der Waals surface area contributed by atoms with Gasteiger partial charge in [-0.1, -0.05) is 49.4 Å². The van der Waals surface area contributed by atoms with Gasteiger partial charge in [-0.15, -0.1) is 0 Å². The van der Waals surface area contributed by atoms with Gasteiger partial charge in [0.05, 0.1) is 7.11 Å². The largest absolute Gasteiger partial charge is 0.464 e. The second-order valence-corrected chi connectivity index (χ2v) is 5.53. The number of anilines is 1. The molecule has 0 unspecified atom stereocenters. The second kappa shape index (κ2) is 5.40. The number of carbonyl (C=O) groups is 1. The molecule has 0 aliphatic heterocycles. The Labute approximate surface area is 116 Å². The lowest BCUT2D eigenvalue weighted by atomic mass is 10.0. The van der Waals surface area contributed by atoms with E-state index in [1.807, 2.05) is 12.1 Å². The molecule has 0 radical (unpaired) electrons. The lowest BCUT2D eigenvalue weighted by molar-refractivity contribution is 0.0596. The maximum atomic E-state index is 11.5. The summed E-state index contributed by atoms with van der Waals surface area (Å²) in [4.78, 5) is 15.7. The molecule has 1 aromatic heterocycles. The summed E-state index contributed by atoms with van der Waals surface area (Å²) in [5, 5.41) is 1.11. The second-order valence-electron chi connectivity index (χ2n) is 4.50. The molecule has 0 fully saturated rings. The van der Waals surface area contributed by atoms with Gasteiger partial charge in [-0.25, -0.2) is 9.78 Å². The van der Waals surface area contributed by atoms with E-state index < -0.39 is 5.97 Å². The third-order valence-corrected chi connectivity index (χ3v) is 3.79. The number of benzene rings is 1. The van der Waals surface area contributed by atoms with Crippen molar-refractivity contribution in [3.8, 4) is 10.6 Å². The normalized spacial score (nSPS) is 10.7. The van der Waals surface area contributed by atoms with Gasteiger partial charge in [-0.2, -0.15) is 0 Å². The number of ether oxygens (including phenoxy) is 1. The van der Waals surface area contributed by atoms with Crippen LogP contribution in [0.4, 0.5) is 5.00 Å². The quantitative estimate of drug-likeness (QED) is 0.873. The number of nitrogens with two attached hydrogens (primary N) is 1. The maximum absolute atomic E-state index is 11.5. The summed E-state index contributed by atoms with van der Waals surface area (Å²) < 4.78 is 4.64. The van der Waals surface area contributed by atoms with Crippen molar-refractivity contribution in [3.05, 3.63) is 35.5 Å². The Morgan fingerprint density at radius 3 is 2.47 bits per heavy atom. The molecule has 0 amide bonds. The highest BCUT2D eigenvalue weighted by atomic mass is 32.1. The SMILES string of the molecule is COC(=O)c1nc(-c2ccc(C(C)C)cc2)sc1N. The number of hydrogen-bond donors (Lipinski definition) is 1. The molecule has 0 saturated heterocycles. The van der Waals surface area contributed by atoms with Crippen LogP contribution < -0.4 is 5.73 Å². The molecule has 0 bridgehead atoms. The maximum Gasteiger partial charge on any atom is 0.359 e. The molecule has 0 atom stereocenters. The number of nitrogen functional groups attached to an aromatic ring is 1. The predicted octanol–water partition coefficient (Wildman–Crippen LogP) is 3.30. The van der Waals surface area contributed by atoms with Crippen LogP contribution in [0.3, 0.4) is 0 Å². The molecule has 5 heteroatoms. The lowest BCUT2D eigenvalue weighted by Crippen LogP contribution is -2.04. The minimum Gasteiger partial charge on any atom is -0.464 e. The van der Waals surface area contributed by atoms with E-state index in [2.05, 4.69) is 35.7 Å². The van der Waals surface area contributed by atoms with Crippen molar-refractivity contribution in [2.45, 2.75) is 19.8 Å². The van der Waals surface area contributed by atoms with Gasteiger partial charge >= 0.3 is 5.97 Å². The molecule has 0 spiro atoms. The van der Waals surface area contributed by atoms with Crippen molar-refractivity contribution < 1.29 is 9.53 Å². The third kappa shape index (κ3) is 2.76. The van der Waals surface area contributed by atoms with Crippen LogP contribution in [0.1, 0.15) is 35.8 Å². The van der Waals surface area contributed by atoms with Crippen molar-refractivity contribution in [1.29, 1.82) is 0 Å². The average Bonchev–Trinajstić information content (AvgIpc) is 2.80. The fraction of sp³-hybridized carbons (Fsp3) is 0.286. The van der Waals surface area contributed by atoms with Crippen LogP contribution >= 0.6 is 11.3 Å². The Hall–Kier alpha value is -1.88. The number of methoxy groups -OCH3 is 1. The zero-order chi connectivity index (χ0) is 14.0. The average molecular weight is 276 g/mol. The van der Waals surface area contributed by atoms with E-state index in [0.717, 1.165) is 10.6 Å². The molecule has 100 valence electrons. The molecule has 0 aliphatic carbocycles. The highest BCUT2D eigenvalue weighted by molar-refractivity contribution is 7.19. The minimum atomic E-state index is -0.501. The molecule has 19 heavy (non-hydrogen) atoms. The molecule has 1 aromatic carbocycles. The molecular weight excluding hydrogens is 260 g/mol. The van der Waals surface area contributed by atoms with E-state index in [1.54, 1.807) is 0 Å². The Balaban J connectivity index is 2.34. The molecule has 2 aromatic rings. The van der Waals surface area contributed by atoms with E-state index in [1.165, 1.54) is 24.0 Å². The van der Waals surface area contributed by atoms with Crippen molar-refractivity contribution in [1.82, 2.24) is 4.98 Å². The molecule has 0 aliphatic rings. The van der Waals surface area contributed by atoms with Crippen LogP contribution in [0.2, 0.25) is 0 Å². The van der Waals surface area contributed by atoms with Crippen molar-refractivity contribution >= 4 is 22.3 Å². The summed E-state index contributed by atoms with van der Waals surface area (Å²) in [5.41, 5.74) is 8.20. The predicted molar refractivity (Wildman–Crippen MR) is 77.4 cm³/mol. The van der Waals surface area contributed by atoms with Gasteiger partial charge in [0.25, 0.3) is 0 Å². The van der Waals surface area contributed by atoms with E-state index in [9.17, 15) is 4.79 Å². The van der Waals surface area contributed by atoms with Crippen LogP contribution in [0, 0.1) is 0 Å². The lowest BCUT2D eigenvalue weighted by Gasteiger charge is -2.05.